The summed E-state index contributed by atoms with van der Waals surface area (Å²) in [6, 6.07) is 136. The Morgan fingerprint density at radius 3 is 0.393 bits per heavy atom. The van der Waals surface area contributed by atoms with Crippen molar-refractivity contribution in [2.75, 3.05) is 42.7 Å². The second-order valence-corrected chi connectivity index (χ2v) is 28.6. The topological polar surface area (TPSA) is 98.2 Å². The highest BCUT2D eigenvalue weighted by atomic mass is 16.5. The molecule has 0 saturated carbocycles. The minimum Gasteiger partial charge on any atom is -0.497 e. The number of methoxy groups -OCH3 is 6. The van der Waals surface area contributed by atoms with E-state index in [2.05, 4.69) is 350 Å². The molecular formula is C102H81N9O6. The molecular weight excluding hydrogens is 1450 g/mol. The second kappa shape index (κ2) is 30.9. The summed E-state index contributed by atoms with van der Waals surface area (Å²) < 4.78 is 55.7. The predicted molar refractivity (Wildman–Crippen MR) is 478 cm³/mol. The van der Waals surface area contributed by atoms with Crippen molar-refractivity contribution in [1.29, 1.82) is 0 Å². The average molecular weight is 1530 g/mol. The highest BCUT2D eigenvalue weighted by Crippen LogP contribution is 2.33. The van der Waals surface area contributed by atoms with Gasteiger partial charge < -0.3 is 69.0 Å². The van der Waals surface area contributed by atoms with Crippen molar-refractivity contribution in [1.82, 2.24) is 40.6 Å². The first-order valence-electron chi connectivity index (χ1n) is 38.8. The number of hydrogen-bond donors (Lipinski definition) is 0. The lowest BCUT2D eigenvalue weighted by Crippen LogP contribution is -2.01. The number of nitrogens with zero attached hydrogens (tertiary/aromatic N) is 9. The molecule has 117 heavy (non-hydrogen) atoms. The Bertz CT molecular complexity index is 6250. The third-order valence-corrected chi connectivity index (χ3v) is 21.9. The summed E-state index contributed by atoms with van der Waals surface area (Å²) >= 11 is 0. The molecule has 0 unspecified atom stereocenters. The average Bonchev–Trinajstić information content (AvgIpc) is 0.751. The quantitative estimate of drug-likeness (QED) is 0.121. The fraction of sp³-hybridized carbons (Fsp3) is 0.0588. The van der Waals surface area contributed by atoms with Crippen LogP contribution < -0.4 is 28.4 Å². The Balaban J connectivity index is 1.06. The van der Waals surface area contributed by atoms with Gasteiger partial charge in [-0.05, 0) is 364 Å². The summed E-state index contributed by atoms with van der Waals surface area (Å²) in [5.74, 6) is 4.55. The fourth-order valence-corrected chi connectivity index (χ4v) is 16.2. The van der Waals surface area contributed by atoms with E-state index >= 15 is 0 Å². The molecule has 15 heteroatoms. The minimum atomic E-state index is 0.758. The summed E-state index contributed by atoms with van der Waals surface area (Å²) in [7, 11) is 10.2. The first-order valence-corrected chi connectivity index (χ1v) is 38.8. The fourth-order valence-electron chi connectivity index (χ4n) is 16.2. The summed E-state index contributed by atoms with van der Waals surface area (Å²) in [6.45, 7) is 0. The third kappa shape index (κ3) is 13.7. The van der Waals surface area contributed by atoms with E-state index in [1.165, 1.54) is 0 Å². The zero-order chi connectivity index (χ0) is 79.0. The van der Waals surface area contributed by atoms with Crippen LogP contribution in [0.2, 0.25) is 0 Å². The zero-order valence-electron chi connectivity index (χ0n) is 65.3. The molecule has 0 N–H and O–H groups in total. The van der Waals surface area contributed by atoms with Crippen LogP contribution in [-0.2, 0) is 0 Å². The molecule has 15 nitrogen and oxygen atoms in total. The number of ether oxygens (including phenoxy) is 6. The van der Waals surface area contributed by atoms with Crippen LogP contribution >= 0.6 is 0 Å². The molecule has 0 spiro atoms. The largest absolute Gasteiger partial charge is 0.497 e. The van der Waals surface area contributed by atoms with Crippen LogP contribution in [0.1, 0.15) is 0 Å². The molecule has 0 aliphatic heterocycles. The van der Waals surface area contributed by atoms with E-state index in [-0.39, 0.29) is 0 Å². The summed E-state index contributed by atoms with van der Waals surface area (Å²) in [4.78, 5) is 0. The first kappa shape index (κ1) is 71.8. The lowest BCUT2D eigenvalue weighted by atomic mass is 10.2. The van der Waals surface area contributed by atoms with Crippen LogP contribution in [0.15, 0.2) is 382 Å². The van der Waals surface area contributed by atoms with Crippen LogP contribution in [-0.4, -0.2) is 83.3 Å². The normalized spacial score (nSPS) is 11.3. The Morgan fingerprint density at radius 2 is 0.256 bits per heavy atom. The van der Waals surface area contributed by atoms with Gasteiger partial charge in [-0.25, -0.2) is 0 Å². The van der Waals surface area contributed by atoms with Crippen LogP contribution in [0.25, 0.3) is 150 Å². The number of aromatic nitrogens is 9. The van der Waals surface area contributed by atoms with E-state index in [0.29, 0.717) is 0 Å². The van der Waals surface area contributed by atoms with Gasteiger partial charge in [0.05, 0.1) is 59.2 Å². The van der Waals surface area contributed by atoms with E-state index < -0.39 is 0 Å². The number of hydrogen-bond acceptors (Lipinski definition) is 6. The predicted octanol–water partition coefficient (Wildman–Crippen LogP) is 24.4. The van der Waals surface area contributed by atoms with Gasteiger partial charge in [0.2, 0.25) is 0 Å². The Morgan fingerprint density at radius 1 is 0.128 bits per heavy atom. The van der Waals surface area contributed by atoms with E-state index in [0.717, 1.165) is 184 Å². The van der Waals surface area contributed by atoms with Gasteiger partial charge in [-0.3, -0.25) is 0 Å². The molecule has 0 radical (unpaired) electrons. The zero-order valence-corrected chi connectivity index (χ0v) is 65.3. The minimum absolute atomic E-state index is 0.758. The van der Waals surface area contributed by atoms with Crippen LogP contribution in [0.3, 0.4) is 0 Å². The van der Waals surface area contributed by atoms with Crippen molar-refractivity contribution >= 4 is 116 Å². The lowest BCUT2D eigenvalue weighted by Gasteiger charge is -2.16. The second-order valence-electron chi connectivity index (χ2n) is 28.6. The van der Waals surface area contributed by atoms with Gasteiger partial charge in [0, 0.05) is 133 Å². The van der Waals surface area contributed by atoms with E-state index in [1.807, 2.05) is 72.8 Å². The molecule has 0 amide bonds. The summed E-state index contributed by atoms with van der Waals surface area (Å²) in [5.41, 5.74) is 25.1. The molecule has 28 aromatic rings. The SMILES string of the molecule is COc1ccc(-n2c3ccc(cc3)n3c4ccc(cc4)n(-c4ccc(OC)cc4)c4cccc(c4)n(-c4ccc(OC)cc4)c4ccc(cc4)n4c5ccc(cc5)n(-c5ccc(OC)cc5)c5cccc(c5)n(-c5ccc(OC)cc5)c5ccc(cc5)n(c5ccc(cc5)n(-c5ccc(OC)cc5)c5cccc2c5)c2cc3cc4c2)cc1. The maximum atomic E-state index is 5.79. The van der Waals surface area contributed by atoms with Gasteiger partial charge in [-0.15, -0.1) is 0 Å². The van der Waals surface area contributed by atoms with Crippen molar-refractivity contribution in [2.24, 2.45) is 0 Å². The monoisotopic (exact) mass is 1530 g/mol. The van der Waals surface area contributed by atoms with Gasteiger partial charge in [-0.1, -0.05) is 18.2 Å². The molecule has 16 aromatic carbocycles. The molecule has 12 aromatic heterocycles. The maximum absolute atomic E-state index is 5.79. The van der Waals surface area contributed by atoms with E-state index in [9.17, 15) is 0 Å². The van der Waals surface area contributed by atoms with Crippen molar-refractivity contribution in [3.63, 3.8) is 0 Å². The van der Waals surface area contributed by atoms with Crippen molar-refractivity contribution in [3.8, 4) is 68.6 Å². The first-order chi connectivity index (χ1) is 57.6. The Kier molecular flexibility index (Phi) is 19.0. The van der Waals surface area contributed by atoms with Gasteiger partial charge in [0.1, 0.15) is 34.5 Å². The van der Waals surface area contributed by atoms with Crippen LogP contribution in [0.5, 0.6) is 34.5 Å². The Labute approximate surface area is 674 Å². The van der Waals surface area contributed by atoms with Crippen molar-refractivity contribution < 1.29 is 28.4 Å². The van der Waals surface area contributed by atoms with Crippen molar-refractivity contribution in [2.45, 2.75) is 0 Å². The van der Waals surface area contributed by atoms with E-state index in [4.69, 9.17) is 28.4 Å². The smallest absolute Gasteiger partial charge is 0.119 e. The molecule has 0 aliphatic rings. The molecule has 0 aliphatic carbocycles. The van der Waals surface area contributed by atoms with Crippen LogP contribution in [0, 0.1) is 0 Å². The molecule has 21 bridgehead atoms. The third-order valence-electron chi connectivity index (χ3n) is 21.9. The molecule has 12 heterocycles. The highest BCUT2D eigenvalue weighted by Gasteiger charge is 2.14. The molecule has 28 rings (SSSR count). The molecule has 0 atom stereocenters. The Hall–Kier alpha value is -15.5. The summed E-state index contributed by atoms with van der Waals surface area (Å²) in [5, 5.41) is 0. The molecule has 0 fully saturated rings. The lowest BCUT2D eigenvalue weighted by molar-refractivity contribution is 0.414. The van der Waals surface area contributed by atoms with E-state index in [1.54, 1.807) is 42.7 Å². The van der Waals surface area contributed by atoms with Crippen molar-refractivity contribution in [3.05, 3.63) is 382 Å². The van der Waals surface area contributed by atoms with Gasteiger partial charge in [0.15, 0.2) is 0 Å². The van der Waals surface area contributed by atoms with Gasteiger partial charge >= 0.3 is 0 Å². The standard InChI is InChI=1S/C102H81N9O6/c1-112-97-52-40-82(41-53-97)103-70-16-28-76(29-17-70)109-77-32-20-72(21-33-77)105(84-44-56-99(114-3)57-45-84)90-12-8-13-91(65-90)107(86-48-60-101(116-5)61-49-86)74-24-36-80(37-25-74)111-81-38-26-75(27-39-81)108(87-50-62-102(117-6)63-51-87)93-15-9-14-92(66-93)106(85-46-58-100(115-4)59-47-85)73-22-34-79(35-23-73)110(95-67-94(109)68-96(111)69-95)78-30-18-71(19-31-78)104(89-11-7-10-88(103)64-89)83-42-54-98(113-2)55-43-83/h7-69H,1-6H3. The van der Waals surface area contributed by atoms with Gasteiger partial charge in [0.25, 0.3) is 0 Å². The summed E-state index contributed by atoms with van der Waals surface area (Å²) in [6.07, 6.45) is 0. The molecule has 570 valence electrons. The van der Waals surface area contributed by atoms with Gasteiger partial charge in [-0.2, -0.15) is 0 Å². The maximum Gasteiger partial charge on any atom is 0.119 e. The number of benzene rings is 16. The number of rotatable bonds is 12. The molecule has 0 saturated heterocycles. The highest BCUT2D eigenvalue weighted by molar-refractivity contribution is 5.86. The van der Waals surface area contributed by atoms with Crippen LogP contribution in [0.4, 0.5) is 0 Å².